The summed E-state index contributed by atoms with van der Waals surface area (Å²) < 4.78 is 0. The van der Waals surface area contributed by atoms with E-state index in [1.165, 1.54) is 12.5 Å². The summed E-state index contributed by atoms with van der Waals surface area (Å²) in [5.74, 6) is -0.601. The monoisotopic (exact) mass is 494 g/mol. The van der Waals surface area contributed by atoms with E-state index in [9.17, 15) is 9.59 Å². The van der Waals surface area contributed by atoms with Gasteiger partial charge in [0, 0.05) is 17.3 Å². The van der Waals surface area contributed by atoms with Gasteiger partial charge in [0.25, 0.3) is 11.8 Å². The summed E-state index contributed by atoms with van der Waals surface area (Å²) in [6, 6.07) is 4.76. The molecule has 0 radical (unpaired) electrons. The molecule has 0 aliphatic carbocycles. The quantitative estimate of drug-likeness (QED) is 0.375. The van der Waals surface area contributed by atoms with Crippen LogP contribution in [0.25, 0.3) is 0 Å². The van der Waals surface area contributed by atoms with Crippen molar-refractivity contribution in [2.75, 3.05) is 23.8 Å². The van der Waals surface area contributed by atoms with Crippen LogP contribution in [0, 0.1) is 6.92 Å². The zero-order valence-corrected chi connectivity index (χ0v) is 19.5. The predicted octanol–water partition coefficient (Wildman–Crippen LogP) is 3.70. The third-order valence-corrected chi connectivity index (χ3v) is 6.25. The summed E-state index contributed by atoms with van der Waals surface area (Å²) in [5, 5.41) is 18.4. The lowest BCUT2D eigenvalue weighted by atomic mass is 10.2. The molecule has 2 aromatic heterocycles. The maximum atomic E-state index is 12.6. The molecule has 1 aromatic carbocycles. The van der Waals surface area contributed by atoms with Crippen molar-refractivity contribution in [2.24, 2.45) is 0 Å². The summed E-state index contributed by atoms with van der Waals surface area (Å²) in [4.78, 5) is 37.7. The third-order valence-electron chi connectivity index (χ3n) is 4.30. The van der Waals surface area contributed by atoms with E-state index in [1.807, 2.05) is 13.0 Å². The zero-order valence-electron chi connectivity index (χ0n) is 17.1. The van der Waals surface area contributed by atoms with Gasteiger partial charge in [-0.25, -0.2) is 15.0 Å². The van der Waals surface area contributed by atoms with Gasteiger partial charge < -0.3 is 21.1 Å². The van der Waals surface area contributed by atoms with Crippen molar-refractivity contribution >= 4 is 57.9 Å². The van der Waals surface area contributed by atoms with Crippen LogP contribution in [0.2, 0.25) is 10.0 Å². The van der Waals surface area contributed by atoms with Gasteiger partial charge in [-0.3, -0.25) is 9.59 Å². The van der Waals surface area contributed by atoms with Crippen molar-refractivity contribution in [1.82, 2.24) is 20.3 Å². The van der Waals surface area contributed by atoms with Crippen LogP contribution in [-0.4, -0.2) is 45.0 Å². The van der Waals surface area contributed by atoms with Gasteiger partial charge in [-0.15, -0.1) is 11.3 Å². The topological polar surface area (TPSA) is 129 Å². The summed E-state index contributed by atoms with van der Waals surface area (Å²) >= 11 is 13.5. The molecule has 2 amide bonds. The number of aliphatic hydroxyl groups excluding tert-OH is 1. The number of rotatable bonds is 8. The fourth-order valence-electron chi connectivity index (χ4n) is 2.61. The summed E-state index contributed by atoms with van der Waals surface area (Å²) in [5.41, 5.74) is 1.47. The molecule has 0 aliphatic rings. The van der Waals surface area contributed by atoms with Crippen molar-refractivity contribution in [1.29, 1.82) is 0 Å². The molecule has 12 heteroatoms. The van der Waals surface area contributed by atoms with E-state index >= 15 is 0 Å². The molecule has 32 heavy (non-hydrogen) atoms. The Labute approximate surface area is 198 Å². The van der Waals surface area contributed by atoms with E-state index in [0.29, 0.717) is 20.6 Å². The number of aliphatic hydroxyl groups is 1. The van der Waals surface area contributed by atoms with Gasteiger partial charge in [-0.1, -0.05) is 29.3 Å². The molecule has 2 heterocycles. The first-order chi connectivity index (χ1) is 15.3. The van der Waals surface area contributed by atoms with Crippen LogP contribution in [0.1, 0.15) is 43.7 Å². The molecule has 0 aliphatic heterocycles. The highest BCUT2D eigenvalue weighted by Crippen LogP contribution is 2.25. The van der Waals surface area contributed by atoms with Crippen molar-refractivity contribution in [3.63, 3.8) is 0 Å². The SMILES string of the molecule is Cc1ccc(NC(=O)c2cnc(C(C)NC(=O)c3ncnc(NCCO)c3Cl)s2)cc1Cl. The highest BCUT2D eigenvalue weighted by molar-refractivity contribution is 7.13. The van der Waals surface area contributed by atoms with Crippen LogP contribution < -0.4 is 16.0 Å². The lowest BCUT2D eigenvalue weighted by Crippen LogP contribution is -2.28. The number of aryl methyl sites for hydroxylation is 1. The van der Waals surface area contributed by atoms with Crippen molar-refractivity contribution in [3.8, 4) is 0 Å². The second-order valence-electron chi connectivity index (χ2n) is 6.71. The first-order valence-corrected chi connectivity index (χ1v) is 11.1. The Morgan fingerprint density at radius 3 is 2.69 bits per heavy atom. The van der Waals surface area contributed by atoms with E-state index in [1.54, 1.807) is 19.1 Å². The van der Waals surface area contributed by atoms with Gasteiger partial charge >= 0.3 is 0 Å². The molecule has 1 unspecified atom stereocenters. The molecule has 168 valence electrons. The number of benzene rings is 1. The largest absolute Gasteiger partial charge is 0.395 e. The van der Waals surface area contributed by atoms with Gasteiger partial charge in [0.2, 0.25) is 0 Å². The molecule has 0 spiro atoms. The minimum absolute atomic E-state index is 0.0141. The van der Waals surface area contributed by atoms with Gasteiger partial charge in [0.15, 0.2) is 5.69 Å². The number of amides is 2. The average molecular weight is 495 g/mol. The minimum Gasteiger partial charge on any atom is -0.395 e. The number of carbonyl (C=O) groups excluding carboxylic acids is 2. The van der Waals surface area contributed by atoms with Crippen LogP contribution in [0.4, 0.5) is 11.5 Å². The predicted molar refractivity (Wildman–Crippen MR) is 125 cm³/mol. The standard InChI is InChI=1S/C20H20Cl2N6O3S/c1-10-3-4-12(7-13(10)21)28-18(30)14-8-24-20(32-14)11(2)27-19(31)16-15(22)17(23-5-6-29)26-9-25-16/h3-4,7-9,11,29H,5-6H2,1-2H3,(H,27,31)(H,28,30)(H,23,25,26). The first kappa shape index (κ1) is 23.9. The molecule has 0 fully saturated rings. The smallest absolute Gasteiger partial charge is 0.272 e. The number of nitrogens with zero attached hydrogens (tertiary/aromatic N) is 3. The van der Waals surface area contributed by atoms with Crippen LogP contribution in [0.15, 0.2) is 30.7 Å². The highest BCUT2D eigenvalue weighted by atomic mass is 35.5. The number of thiazole rings is 1. The second-order valence-corrected chi connectivity index (χ2v) is 8.56. The number of hydrogen-bond donors (Lipinski definition) is 4. The van der Waals surface area contributed by atoms with E-state index in [4.69, 9.17) is 28.3 Å². The molecule has 3 rings (SSSR count). The van der Waals surface area contributed by atoms with Crippen molar-refractivity contribution in [3.05, 3.63) is 61.9 Å². The fourth-order valence-corrected chi connectivity index (χ4v) is 3.85. The lowest BCUT2D eigenvalue weighted by Gasteiger charge is -2.13. The number of hydrogen-bond acceptors (Lipinski definition) is 8. The van der Waals surface area contributed by atoms with E-state index in [2.05, 4.69) is 30.9 Å². The number of carbonyl (C=O) groups is 2. The maximum Gasteiger partial charge on any atom is 0.272 e. The minimum atomic E-state index is -0.521. The normalized spacial score (nSPS) is 11.7. The Bertz CT molecular complexity index is 1140. The van der Waals surface area contributed by atoms with Crippen LogP contribution in [0.5, 0.6) is 0 Å². The van der Waals surface area contributed by atoms with Crippen molar-refractivity contribution in [2.45, 2.75) is 19.9 Å². The molecular formula is C20H20Cl2N6O3S. The molecule has 0 saturated heterocycles. The number of anilines is 2. The molecular weight excluding hydrogens is 475 g/mol. The molecule has 3 aromatic rings. The Morgan fingerprint density at radius 2 is 1.97 bits per heavy atom. The third kappa shape index (κ3) is 5.71. The Morgan fingerprint density at radius 1 is 1.19 bits per heavy atom. The van der Waals surface area contributed by atoms with E-state index in [-0.39, 0.29) is 35.6 Å². The number of aromatic nitrogens is 3. The molecule has 4 N–H and O–H groups in total. The van der Waals surface area contributed by atoms with Crippen LogP contribution in [-0.2, 0) is 0 Å². The van der Waals surface area contributed by atoms with Crippen molar-refractivity contribution < 1.29 is 14.7 Å². The molecule has 9 nitrogen and oxygen atoms in total. The first-order valence-electron chi connectivity index (χ1n) is 9.49. The summed E-state index contributed by atoms with van der Waals surface area (Å²) in [7, 11) is 0. The van der Waals surface area contributed by atoms with E-state index in [0.717, 1.165) is 16.9 Å². The summed E-state index contributed by atoms with van der Waals surface area (Å²) in [6.45, 7) is 3.72. The Hall–Kier alpha value is -2.79. The molecule has 1 atom stereocenters. The Kier molecular flexibility index (Phi) is 7.97. The fraction of sp³-hybridized carbons (Fsp3) is 0.250. The second kappa shape index (κ2) is 10.7. The maximum absolute atomic E-state index is 12.6. The van der Waals surface area contributed by atoms with Gasteiger partial charge in [-0.05, 0) is 31.5 Å². The zero-order chi connectivity index (χ0) is 23.3. The molecule has 0 bridgehead atoms. The van der Waals surface area contributed by atoms with Gasteiger partial charge in [0.05, 0.1) is 18.8 Å². The molecule has 0 saturated carbocycles. The van der Waals surface area contributed by atoms with Crippen LogP contribution >= 0.6 is 34.5 Å². The highest BCUT2D eigenvalue weighted by Gasteiger charge is 2.21. The van der Waals surface area contributed by atoms with Crippen LogP contribution in [0.3, 0.4) is 0 Å². The van der Waals surface area contributed by atoms with E-state index < -0.39 is 11.9 Å². The average Bonchev–Trinajstić information content (AvgIpc) is 3.26. The van der Waals surface area contributed by atoms with Gasteiger partial charge in [0.1, 0.15) is 27.1 Å². The lowest BCUT2D eigenvalue weighted by molar-refractivity contribution is 0.0934. The number of nitrogens with one attached hydrogen (secondary N) is 3. The van der Waals surface area contributed by atoms with Gasteiger partial charge in [-0.2, -0.15) is 0 Å². The Balaban J connectivity index is 1.66. The summed E-state index contributed by atoms with van der Waals surface area (Å²) in [6.07, 6.45) is 2.65. The number of halogens is 2.